The Balaban J connectivity index is 2.12. The lowest BCUT2D eigenvalue weighted by Crippen LogP contribution is -2.41. The number of nitrogens with zero attached hydrogens (tertiary/aromatic N) is 1. The van der Waals surface area contributed by atoms with Crippen molar-refractivity contribution in [2.75, 3.05) is 38.6 Å². The van der Waals surface area contributed by atoms with Crippen molar-refractivity contribution in [3.8, 4) is 0 Å². The van der Waals surface area contributed by atoms with Gasteiger partial charge in [-0.2, -0.15) is 11.8 Å². The van der Waals surface area contributed by atoms with Crippen LogP contribution in [0, 0.1) is 0 Å². The van der Waals surface area contributed by atoms with E-state index < -0.39 is 0 Å². The lowest BCUT2D eigenvalue weighted by atomic mass is 10.1. The molecule has 1 fully saturated rings. The number of hydrogen-bond acceptors (Lipinski definition) is 4. The van der Waals surface area contributed by atoms with Gasteiger partial charge >= 0.3 is 0 Å². The second-order valence-corrected chi connectivity index (χ2v) is 5.31. The van der Waals surface area contributed by atoms with Gasteiger partial charge < -0.3 is 15.4 Å². The molecule has 90 valence electrons. The standard InChI is InChI=1S/C11H24N2OS/c1-3-13(4-2)6-8-15-11-9-14-7-5-10(11)12/h10-11H,3-9,12H2,1-2H3. The number of nitrogens with two attached hydrogens (primary N) is 1. The average Bonchev–Trinajstić information content (AvgIpc) is 2.27. The minimum absolute atomic E-state index is 0.334. The smallest absolute Gasteiger partial charge is 0.0600 e. The van der Waals surface area contributed by atoms with E-state index in [1.165, 1.54) is 12.3 Å². The molecule has 0 bridgehead atoms. The Hall–Kier alpha value is 0.230. The minimum Gasteiger partial charge on any atom is -0.380 e. The van der Waals surface area contributed by atoms with E-state index in [1.807, 2.05) is 11.8 Å². The maximum Gasteiger partial charge on any atom is 0.0600 e. The summed E-state index contributed by atoms with van der Waals surface area (Å²) in [5.41, 5.74) is 6.05. The monoisotopic (exact) mass is 232 g/mol. The molecular formula is C11H24N2OS. The van der Waals surface area contributed by atoms with E-state index in [4.69, 9.17) is 10.5 Å². The van der Waals surface area contributed by atoms with Crippen molar-refractivity contribution in [1.82, 2.24) is 4.90 Å². The van der Waals surface area contributed by atoms with E-state index in [2.05, 4.69) is 18.7 Å². The first-order valence-electron chi connectivity index (χ1n) is 5.95. The average molecular weight is 232 g/mol. The number of hydrogen-bond donors (Lipinski definition) is 1. The van der Waals surface area contributed by atoms with Crippen LogP contribution in [0.15, 0.2) is 0 Å². The van der Waals surface area contributed by atoms with E-state index >= 15 is 0 Å². The maximum atomic E-state index is 6.05. The van der Waals surface area contributed by atoms with Crippen molar-refractivity contribution in [1.29, 1.82) is 0 Å². The van der Waals surface area contributed by atoms with Gasteiger partial charge in [0.25, 0.3) is 0 Å². The zero-order valence-corrected chi connectivity index (χ0v) is 10.8. The molecule has 1 rings (SSSR count). The molecule has 2 unspecified atom stereocenters. The zero-order chi connectivity index (χ0) is 11.1. The topological polar surface area (TPSA) is 38.5 Å². The molecule has 1 aliphatic heterocycles. The van der Waals surface area contributed by atoms with E-state index in [9.17, 15) is 0 Å². The molecule has 2 atom stereocenters. The third-order valence-corrected chi connectivity index (χ3v) is 4.32. The van der Waals surface area contributed by atoms with Gasteiger partial charge in [-0.3, -0.25) is 0 Å². The molecule has 1 aliphatic rings. The van der Waals surface area contributed by atoms with Crippen molar-refractivity contribution < 1.29 is 4.74 Å². The van der Waals surface area contributed by atoms with Crippen LogP contribution in [-0.4, -0.2) is 54.8 Å². The van der Waals surface area contributed by atoms with Crippen LogP contribution in [0.2, 0.25) is 0 Å². The maximum absolute atomic E-state index is 6.05. The van der Waals surface area contributed by atoms with Crippen LogP contribution in [-0.2, 0) is 4.74 Å². The van der Waals surface area contributed by atoms with Gasteiger partial charge in [0.2, 0.25) is 0 Å². The second kappa shape index (κ2) is 7.49. The molecule has 0 aromatic heterocycles. The van der Waals surface area contributed by atoms with E-state index in [0.29, 0.717) is 11.3 Å². The Morgan fingerprint density at radius 3 is 2.73 bits per heavy atom. The van der Waals surface area contributed by atoms with Crippen molar-refractivity contribution in [2.24, 2.45) is 5.73 Å². The van der Waals surface area contributed by atoms with Crippen LogP contribution >= 0.6 is 11.8 Å². The molecule has 0 radical (unpaired) electrons. The van der Waals surface area contributed by atoms with Gasteiger partial charge in [-0.05, 0) is 19.5 Å². The lowest BCUT2D eigenvalue weighted by molar-refractivity contribution is 0.0915. The van der Waals surface area contributed by atoms with Crippen LogP contribution in [0.3, 0.4) is 0 Å². The molecule has 1 heterocycles. The minimum atomic E-state index is 0.334. The zero-order valence-electron chi connectivity index (χ0n) is 9.95. The first-order chi connectivity index (χ1) is 7.27. The molecule has 0 spiro atoms. The van der Waals surface area contributed by atoms with Gasteiger partial charge in [0.1, 0.15) is 0 Å². The van der Waals surface area contributed by atoms with Gasteiger partial charge in [-0.15, -0.1) is 0 Å². The van der Waals surface area contributed by atoms with E-state index in [-0.39, 0.29) is 0 Å². The summed E-state index contributed by atoms with van der Waals surface area (Å²) < 4.78 is 5.45. The SMILES string of the molecule is CCN(CC)CCSC1COCCC1N. The molecule has 2 N–H and O–H groups in total. The van der Waals surface area contributed by atoms with Crippen molar-refractivity contribution in [3.05, 3.63) is 0 Å². The normalized spacial score (nSPS) is 27.2. The predicted molar refractivity (Wildman–Crippen MR) is 67.4 cm³/mol. The summed E-state index contributed by atoms with van der Waals surface area (Å²) in [4.78, 5) is 2.45. The van der Waals surface area contributed by atoms with Crippen molar-refractivity contribution in [3.63, 3.8) is 0 Å². The van der Waals surface area contributed by atoms with Crippen LogP contribution in [0.5, 0.6) is 0 Å². The highest BCUT2D eigenvalue weighted by Gasteiger charge is 2.22. The van der Waals surface area contributed by atoms with Gasteiger partial charge in [0.15, 0.2) is 0 Å². The molecule has 0 aliphatic carbocycles. The van der Waals surface area contributed by atoms with Gasteiger partial charge in [-0.1, -0.05) is 13.8 Å². The van der Waals surface area contributed by atoms with Crippen LogP contribution in [0.1, 0.15) is 20.3 Å². The van der Waals surface area contributed by atoms with Crippen LogP contribution in [0.4, 0.5) is 0 Å². The van der Waals surface area contributed by atoms with Crippen LogP contribution in [0.25, 0.3) is 0 Å². The molecular weight excluding hydrogens is 208 g/mol. The molecule has 15 heavy (non-hydrogen) atoms. The number of ether oxygens (including phenoxy) is 1. The second-order valence-electron chi connectivity index (χ2n) is 3.96. The Bertz CT molecular complexity index is 165. The van der Waals surface area contributed by atoms with Crippen molar-refractivity contribution >= 4 is 11.8 Å². The highest BCUT2D eigenvalue weighted by molar-refractivity contribution is 8.00. The molecule has 3 nitrogen and oxygen atoms in total. The summed E-state index contributed by atoms with van der Waals surface area (Å²) in [5, 5.41) is 0.509. The fourth-order valence-corrected chi connectivity index (χ4v) is 3.02. The van der Waals surface area contributed by atoms with Gasteiger partial charge in [0.05, 0.1) is 6.61 Å². The summed E-state index contributed by atoms with van der Waals surface area (Å²) in [5.74, 6) is 1.17. The molecule has 4 heteroatoms. The summed E-state index contributed by atoms with van der Waals surface area (Å²) in [6.07, 6.45) is 1.02. The molecule has 0 amide bonds. The van der Waals surface area contributed by atoms with E-state index in [1.54, 1.807) is 0 Å². The van der Waals surface area contributed by atoms with Crippen molar-refractivity contribution in [2.45, 2.75) is 31.6 Å². The third-order valence-electron chi connectivity index (χ3n) is 2.99. The Labute approximate surface area is 97.7 Å². The first-order valence-corrected chi connectivity index (χ1v) is 7.00. The first kappa shape index (κ1) is 13.3. The molecule has 0 saturated carbocycles. The summed E-state index contributed by atoms with van der Waals surface area (Å²) >= 11 is 1.97. The molecule has 0 aromatic rings. The number of rotatable bonds is 6. The van der Waals surface area contributed by atoms with E-state index in [0.717, 1.165) is 32.7 Å². The van der Waals surface area contributed by atoms with Crippen LogP contribution < -0.4 is 5.73 Å². The third kappa shape index (κ3) is 4.72. The fourth-order valence-electron chi connectivity index (χ4n) is 1.77. The number of thioether (sulfide) groups is 1. The Morgan fingerprint density at radius 2 is 2.13 bits per heavy atom. The molecule has 1 saturated heterocycles. The highest BCUT2D eigenvalue weighted by atomic mass is 32.2. The Morgan fingerprint density at radius 1 is 1.40 bits per heavy atom. The van der Waals surface area contributed by atoms with Gasteiger partial charge in [0, 0.05) is 30.2 Å². The van der Waals surface area contributed by atoms with Gasteiger partial charge in [-0.25, -0.2) is 0 Å². The Kier molecular flexibility index (Phi) is 6.64. The predicted octanol–water partition coefficient (Wildman–Crippen LogP) is 1.18. The molecule has 0 aromatic carbocycles. The highest BCUT2D eigenvalue weighted by Crippen LogP contribution is 2.19. The summed E-state index contributed by atoms with van der Waals surface area (Å²) in [6, 6.07) is 0.334. The lowest BCUT2D eigenvalue weighted by Gasteiger charge is -2.29. The fraction of sp³-hybridized carbons (Fsp3) is 1.00. The summed E-state index contributed by atoms with van der Waals surface area (Å²) in [7, 11) is 0. The summed E-state index contributed by atoms with van der Waals surface area (Å²) in [6.45, 7) is 9.56. The largest absolute Gasteiger partial charge is 0.380 e. The quantitative estimate of drug-likeness (QED) is 0.746.